The van der Waals surface area contributed by atoms with Gasteiger partial charge in [0.25, 0.3) is 5.91 Å². The number of benzene rings is 1. The number of hydrogen-bond donors (Lipinski definition) is 2. The summed E-state index contributed by atoms with van der Waals surface area (Å²) >= 11 is 0. The second-order valence-corrected chi connectivity index (χ2v) is 7.57. The topological polar surface area (TPSA) is 67.4 Å². The van der Waals surface area contributed by atoms with E-state index in [1.165, 1.54) is 25.3 Å². The molecule has 0 unspecified atom stereocenters. The Balaban J connectivity index is 1.80. The van der Waals surface area contributed by atoms with Gasteiger partial charge in [-0.05, 0) is 37.3 Å². The summed E-state index contributed by atoms with van der Waals surface area (Å²) in [6, 6.07) is 2.32. The summed E-state index contributed by atoms with van der Waals surface area (Å²) in [4.78, 5) is 24.7. The second-order valence-electron chi connectivity index (χ2n) is 7.57. The van der Waals surface area contributed by atoms with E-state index in [0.717, 1.165) is 25.0 Å². The van der Waals surface area contributed by atoms with Gasteiger partial charge in [-0.15, -0.1) is 0 Å². The molecule has 5 nitrogen and oxygen atoms in total. The first-order valence-corrected chi connectivity index (χ1v) is 10.0. The summed E-state index contributed by atoms with van der Waals surface area (Å²) in [6.07, 6.45) is 6.88. The molecule has 1 atom stereocenters. The Morgan fingerprint density at radius 3 is 2.39 bits per heavy atom. The van der Waals surface area contributed by atoms with Crippen molar-refractivity contribution in [1.29, 1.82) is 0 Å². The Kier molecular flexibility index (Phi) is 8.83. The first-order valence-electron chi connectivity index (χ1n) is 10.0. The van der Waals surface area contributed by atoms with Crippen LogP contribution in [0.15, 0.2) is 18.2 Å². The predicted molar refractivity (Wildman–Crippen MR) is 103 cm³/mol. The van der Waals surface area contributed by atoms with Crippen LogP contribution in [0.3, 0.4) is 0 Å². The van der Waals surface area contributed by atoms with Crippen LogP contribution in [-0.4, -0.2) is 37.1 Å². The highest BCUT2D eigenvalue weighted by molar-refractivity contribution is 5.98. The van der Waals surface area contributed by atoms with Crippen molar-refractivity contribution < 1.29 is 23.1 Å². The monoisotopic (exact) mass is 396 g/mol. The van der Waals surface area contributed by atoms with E-state index in [2.05, 4.69) is 10.6 Å². The van der Waals surface area contributed by atoms with Crippen LogP contribution in [0.2, 0.25) is 0 Å². The number of hydrogen-bond acceptors (Lipinski definition) is 3. The van der Waals surface area contributed by atoms with Gasteiger partial charge in [0.05, 0.1) is 6.10 Å². The van der Waals surface area contributed by atoms with Crippen LogP contribution in [0.5, 0.6) is 0 Å². The molecule has 1 aromatic rings. The van der Waals surface area contributed by atoms with Crippen molar-refractivity contribution >= 4 is 11.8 Å². The Labute approximate surface area is 165 Å². The molecule has 0 spiro atoms. The number of amides is 2. The predicted octanol–water partition coefficient (Wildman–Crippen LogP) is 3.57. The molecule has 0 radical (unpaired) electrons. The van der Waals surface area contributed by atoms with E-state index in [0.29, 0.717) is 25.7 Å². The molecule has 156 valence electrons. The highest BCUT2D eigenvalue weighted by atomic mass is 19.1. The number of rotatable bonds is 9. The van der Waals surface area contributed by atoms with E-state index >= 15 is 0 Å². The quantitative estimate of drug-likeness (QED) is 0.627. The molecule has 28 heavy (non-hydrogen) atoms. The molecule has 0 aromatic heterocycles. The largest absolute Gasteiger partial charge is 0.378 e. The molecule has 0 bridgehead atoms. The molecule has 7 heteroatoms. The van der Waals surface area contributed by atoms with Gasteiger partial charge in [0, 0.05) is 13.2 Å². The third-order valence-electron chi connectivity index (χ3n) is 4.95. The van der Waals surface area contributed by atoms with Crippen molar-refractivity contribution in [1.82, 2.24) is 10.6 Å². The van der Waals surface area contributed by atoms with Gasteiger partial charge >= 0.3 is 0 Å². The lowest BCUT2D eigenvalue weighted by atomic mass is 9.98. The highest BCUT2D eigenvalue weighted by Gasteiger charge is 2.27. The molecule has 1 aromatic carbocycles. The van der Waals surface area contributed by atoms with E-state index in [4.69, 9.17) is 4.74 Å². The fourth-order valence-corrected chi connectivity index (χ4v) is 3.34. The minimum Gasteiger partial charge on any atom is -0.378 e. The Hall–Kier alpha value is -2.02. The van der Waals surface area contributed by atoms with Crippen molar-refractivity contribution in [3.8, 4) is 0 Å². The zero-order valence-corrected chi connectivity index (χ0v) is 16.6. The summed E-state index contributed by atoms with van der Waals surface area (Å²) < 4.78 is 33.4. The standard InChI is InChI=1S/C21H30F2N2O3/c1-14(2)19(25-20(26)18-16(22)10-6-11-17(18)23)21(27)24-12-7-13-28-15-8-4-3-5-9-15/h6,10-11,14-15,19H,3-5,7-9,12-13H2,1-2H3,(H,24,27)(H,25,26)/t19-/m0/s1. The third-order valence-corrected chi connectivity index (χ3v) is 4.95. The molecule has 1 aliphatic carbocycles. The smallest absolute Gasteiger partial charge is 0.257 e. The molecule has 0 aliphatic heterocycles. The number of carbonyl (C=O) groups is 2. The van der Waals surface area contributed by atoms with Crippen LogP contribution in [-0.2, 0) is 9.53 Å². The lowest BCUT2D eigenvalue weighted by Crippen LogP contribution is -2.50. The van der Waals surface area contributed by atoms with Gasteiger partial charge in [-0.1, -0.05) is 39.2 Å². The fourth-order valence-electron chi connectivity index (χ4n) is 3.34. The molecule has 0 heterocycles. The number of ether oxygens (including phenoxy) is 1. The van der Waals surface area contributed by atoms with E-state index in [1.54, 1.807) is 13.8 Å². The molecule has 1 aliphatic rings. The zero-order chi connectivity index (χ0) is 20.5. The number of halogens is 2. The van der Waals surface area contributed by atoms with Gasteiger partial charge in [0.2, 0.25) is 5.91 Å². The number of nitrogens with one attached hydrogen (secondary N) is 2. The van der Waals surface area contributed by atoms with Crippen molar-refractivity contribution in [2.75, 3.05) is 13.2 Å². The summed E-state index contributed by atoms with van der Waals surface area (Å²) in [5, 5.41) is 5.21. The van der Waals surface area contributed by atoms with E-state index in [9.17, 15) is 18.4 Å². The SMILES string of the molecule is CC(C)[C@H](NC(=O)c1c(F)cccc1F)C(=O)NCCCOC1CCCCC1. The minimum absolute atomic E-state index is 0.239. The van der Waals surface area contributed by atoms with Crippen LogP contribution in [0.4, 0.5) is 8.78 Å². The maximum Gasteiger partial charge on any atom is 0.257 e. The molecule has 2 rings (SSSR count). The van der Waals surface area contributed by atoms with Crippen LogP contribution >= 0.6 is 0 Å². The van der Waals surface area contributed by atoms with Crippen LogP contribution < -0.4 is 10.6 Å². The van der Waals surface area contributed by atoms with Gasteiger partial charge in [-0.3, -0.25) is 9.59 Å². The lowest BCUT2D eigenvalue weighted by molar-refractivity contribution is -0.124. The van der Waals surface area contributed by atoms with E-state index in [1.807, 2.05) is 0 Å². The Morgan fingerprint density at radius 2 is 1.79 bits per heavy atom. The van der Waals surface area contributed by atoms with Crippen molar-refractivity contribution in [3.63, 3.8) is 0 Å². The van der Waals surface area contributed by atoms with Crippen molar-refractivity contribution in [3.05, 3.63) is 35.4 Å². The van der Waals surface area contributed by atoms with Gasteiger partial charge in [-0.2, -0.15) is 0 Å². The van der Waals surface area contributed by atoms with Crippen molar-refractivity contribution in [2.24, 2.45) is 5.92 Å². The molecular formula is C21H30F2N2O3. The summed E-state index contributed by atoms with van der Waals surface area (Å²) in [7, 11) is 0. The molecule has 2 N–H and O–H groups in total. The molecule has 0 saturated heterocycles. The minimum atomic E-state index is -0.958. The van der Waals surface area contributed by atoms with Crippen LogP contribution in [0, 0.1) is 17.6 Å². The maximum atomic E-state index is 13.8. The van der Waals surface area contributed by atoms with Gasteiger partial charge in [0.1, 0.15) is 23.2 Å². The first kappa shape index (κ1) is 22.3. The fraction of sp³-hybridized carbons (Fsp3) is 0.619. The van der Waals surface area contributed by atoms with Gasteiger partial charge < -0.3 is 15.4 Å². The van der Waals surface area contributed by atoms with E-state index < -0.39 is 29.1 Å². The average molecular weight is 396 g/mol. The summed E-state index contributed by atoms with van der Waals surface area (Å²) in [5.74, 6) is -3.47. The molecule has 1 fully saturated rings. The zero-order valence-electron chi connectivity index (χ0n) is 16.6. The Morgan fingerprint density at radius 1 is 1.14 bits per heavy atom. The first-order chi connectivity index (χ1) is 13.4. The Bertz CT molecular complexity index is 641. The van der Waals surface area contributed by atoms with Crippen LogP contribution in [0.1, 0.15) is 62.7 Å². The van der Waals surface area contributed by atoms with Gasteiger partial charge in [0.15, 0.2) is 0 Å². The normalized spacial score (nSPS) is 16.0. The average Bonchev–Trinajstić information content (AvgIpc) is 2.66. The maximum absolute atomic E-state index is 13.8. The lowest BCUT2D eigenvalue weighted by Gasteiger charge is -2.23. The van der Waals surface area contributed by atoms with Crippen LogP contribution in [0.25, 0.3) is 0 Å². The summed E-state index contributed by atoms with van der Waals surface area (Å²) in [5.41, 5.74) is -0.679. The molecular weight excluding hydrogens is 366 g/mol. The van der Waals surface area contributed by atoms with Gasteiger partial charge in [-0.25, -0.2) is 8.78 Å². The number of carbonyl (C=O) groups excluding carboxylic acids is 2. The van der Waals surface area contributed by atoms with Crippen molar-refractivity contribution in [2.45, 2.75) is 64.5 Å². The molecule has 1 saturated carbocycles. The third kappa shape index (κ3) is 6.55. The molecule has 2 amide bonds. The highest BCUT2D eigenvalue weighted by Crippen LogP contribution is 2.20. The second kappa shape index (κ2) is 11.1. The summed E-state index contributed by atoms with van der Waals surface area (Å²) in [6.45, 7) is 4.51. The van der Waals surface area contributed by atoms with E-state index in [-0.39, 0.29) is 11.8 Å².